The third kappa shape index (κ3) is 2.60. The van der Waals surface area contributed by atoms with Gasteiger partial charge in [-0.05, 0) is 0 Å². The van der Waals surface area contributed by atoms with Crippen molar-refractivity contribution in [2.75, 3.05) is 0 Å². The molecule has 1 heteroatoms. The van der Waals surface area contributed by atoms with Crippen LogP contribution in [0.5, 0.6) is 0 Å². The molecule has 0 nitrogen and oxygen atoms in total. The predicted molar refractivity (Wildman–Crippen MR) is 30.9 cm³/mol. The van der Waals surface area contributed by atoms with Gasteiger partial charge in [0, 0.05) is 0 Å². The first-order chi connectivity index (χ1) is 3.39. The Morgan fingerprint density at radius 3 is 1.75 bits per heavy atom. The topological polar surface area (TPSA) is 0 Å². The van der Waals surface area contributed by atoms with Gasteiger partial charge in [0.1, 0.15) is 0 Å². The van der Waals surface area contributed by atoms with Crippen molar-refractivity contribution in [1.82, 2.24) is 0 Å². The molecule has 0 radical (unpaired) electrons. The molecule has 0 aliphatic heterocycles. The molecule has 0 N–H and O–H groups in total. The Morgan fingerprint density at radius 1 is 1.00 bits per heavy atom. The molecule has 8 heavy (non-hydrogen) atoms. The molecular weight excluding hydrogens is 91.0 g/mol. The van der Waals surface area contributed by atoms with E-state index in [2.05, 4.69) is 0 Å². The third-order valence-corrected chi connectivity index (χ3v) is 1.50. The monoisotopic (exact) mass is 102 g/mol. The Kier molecular flexibility index (Phi) is 4.42. The minimum Gasteiger partial charge on any atom is -0.514 e. The van der Waals surface area contributed by atoms with Crippen LogP contribution in [0.1, 0.15) is 32.1 Å². The van der Waals surface area contributed by atoms with E-state index >= 15 is 0 Å². The number of allylic oxidation sites excluding steroid dienone is 1. The summed E-state index contributed by atoms with van der Waals surface area (Å²) in [6, 6.07) is 0. The number of rotatable bonds is 0. The van der Waals surface area contributed by atoms with Gasteiger partial charge in [0.05, 0.1) is 0 Å². The van der Waals surface area contributed by atoms with E-state index in [9.17, 15) is 0 Å². The quantitative estimate of drug-likeness (QED) is 0.280. The summed E-state index contributed by atoms with van der Waals surface area (Å²) in [4.78, 5) is 0. The van der Waals surface area contributed by atoms with Gasteiger partial charge in [0.15, 0.2) is 0 Å². The SMILES string of the molecule is [CH-]=C1CCCCC1.[Li+]. The van der Waals surface area contributed by atoms with Crippen molar-refractivity contribution in [3.8, 4) is 0 Å². The van der Waals surface area contributed by atoms with Crippen LogP contribution in [-0.4, -0.2) is 0 Å². The van der Waals surface area contributed by atoms with Crippen LogP contribution in [0.4, 0.5) is 0 Å². The molecule has 0 heterocycles. The van der Waals surface area contributed by atoms with Crippen molar-refractivity contribution in [2.24, 2.45) is 0 Å². The normalized spacial score (nSPS) is 19.8. The average molecular weight is 102 g/mol. The summed E-state index contributed by atoms with van der Waals surface area (Å²) < 4.78 is 0. The predicted octanol–water partition coefficient (Wildman–Crippen LogP) is -0.686. The first-order valence-corrected chi connectivity index (χ1v) is 3.00. The van der Waals surface area contributed by atoms with Crippen LogP contribution in [0.25, 0.3) is 0 Å². The number of hydrogen-bond acceptors (Lipinski definition) is 0. The Labute approximate surface area is 63.5 Å². The van der Waals surface area contributed by atoms with E-state index < -0.39 is 0 Å². The van der Waals surface area contributed by atoms with Crippen molar-refractivity contribution < 1.29 is 18.9 Å². The van der Waals surface area contributed by atoms with Gasteiger partial charge < -0.3 is 6.58 Å². The standard InChI is InChI=1S/C7H11.Li/c1-7-5-3-2-4-6-7;/h1H,2-6H2;/q-1;+1. The van der Waals surface area contributed by atoms with Crippen LogP contribution in [0.3, 0.4) is 0 Å². The molecular formula is C7H11Li. The molecule has 0 saturated heterocycles. The van der Waals surface area contributed by atoms with E-state index in [1.807, 2.05) is 0 Å². The maximum Gasteiger partial charge on any atom is 1.00 e. The van der Waals surface area contributed by atoms with E-state index in [0.717, 1.165) is 0 Å². The van der Waals surface area contributed by atoms with E-state index in [1.165, 1.54) is 37.7 Å². The van der Waals surface area contributed by atoms with Crippen molar-refractivity contribution in [3.05, 3.63) is 12.2 Å². The molecule has 1 aliphatic rings. The third-order valence-electron chi connectivity index (χ3n) is 1.50. The van der Waals surface area contributed by atoms with Gasteiger partial charge in [-0.1, -0.05) is 32.1 Å². The fourth-order valence-corrected chi connectivity index (χ4v) is 1.01. The molecule has 0 amide bonds. The summed E-state index contributed by atoms with van der Waals surface area (Å²) in [5, 5.41) is 0. The Hall–Kier alpha value is 0.337. The molecule has 0 unspecified atom stereocenters. The molecule has 0 aromatic rings. The summed E-state index contributed by atoms with van der Waals surface area (Å²) in [7, 11) is 0. The minimum atomic E-state index is 0. The van der Waals surface area contributed by atoms with Crippen molar-refractivity contribution in [1.29, 1.82) is 0 Å². The van der Waals surface area contributed by atoms with Crippen LogP contribution < -0.4 is 18.9 Å². The van der Waals surface area contributed by atoms with Gasteiger partial charge in [-0.25, -0.2) is 0 Å². The summed E-state index contributed by atoms with van der Waals surface area (Å²) in [5.74, 6) is 0. The van der Waals surface area contributed by atoms with Crippen LogP contribution in [0.15, 0.2) is 5.57 Å². The molecule has 0 atom stereocenters. The molecule has 0 aromatic heterocycles. The van der Waals surface area contributed by atoms with E-state index in [4.69, 9.17) is 6.58 Å². The Morgan fingerprint density at radius 2 is 1.50 bits per heavy atom. The minimum absolute atomic E-state index is 0. The molecule has 0 aromatic carbocycles. The molecule has 0 bridgehead atoms. The maximum atomic E-state index is 5.55. The van der Waals surface area contributed by atoms with Crippen molar-refractivity contribution in [2.45, 2.75) is 32.1 Å². The van der Waals surface area contributed by atoms with Gasteiger partial charge in [0.2, 0.25) is 0 Å². The average Bonchev–Trinajstić information content (AvgIpc) is 1.69. The van der Waals surface area contributed by atoms with Gasteiger partial charge in [0.25, 0.3) is 0 Å². The van der Waals surface area contributed by atoms with Crippen LogP contribution in [-0.2, 0) is 0 Å². The summed E-state index contributed by atoms with van der Waals surface area (Å²) in [6.45, 7) is 5.55. The second-order valence-electron chi connectivity index (χ2n) is 2.22. The fraction of sp³-hybridized carbons (Fsp3) is 0.714. The molecule has 1 rings (SSSR count). The molecule has 1 fully saturated rings. The van der Waals surface area contributed by atoms with E-state index in [0.29, 0.717) is 0 Å². The first-order valence-electron chi connectivity index (χ1n) is 3.00. The molecule has 0 spiro atoms. The molecule has 40 valence electrons. The zero-order valence-corrected chi connectivity index (χ0v) is 5.61. The van der Waals surface area contributed by atoms with Crippen LogP contribution in [0, 0.1) is 6.58 Å². The second kappa shape index (κ2) is 4.24. The van der Waals surface area contributed by atoms with Crippen molar-refractivity contribution in [3.63, 3.8) is 0 Å². The van der Waals surface area contributed by atoms with Gasteiger partial charge in [-0.3, -0.25) is 5.57 Å². The van der Waals surface area contributed by atoms with Gasteiger partial charge in [-0.15, -0.1) is 0 Å². The summed E-state index contributed by atoms with van der Waals surface area (Å²) in [5.41, 5.74) is 1.21. The van der Waals surface area contributed by atoms with E-state index in [1.54, 1.807) is 0 Å². The fourth-order valence-electron chi connectivity index (χ4n) is 1.01. The zero-order valence-electron chi connectivity index (χ0n) is 5.61. The van der Waals surface area contributed by atoms with E-state index in [-0.39, 0.29) is 18.9 Å². The second-order valence-corrected chi connectivity index (χ2v) is 2.22. The Bertz CT molecular complexity index is 68.5. The molecule has 1 aliphatic carbocycles. The largest absolute Gasteiger partial charge is 1.00 e. The molecule has 1 saturated carbocycles. The summed E-state index contributed by atoms with van der Waals surface area (Å²) >= 11 is 0. The first kappa shape index (κ1) is 8.34. The maximum absolute atomic E-state index is 5.55. The zero-order chi connectivity index (χ0) is 5.11. The van der Waals surface area contributed by atoms with Gasteiger partial charge >= 0.3 is 18.9 Å². The van der Waals surface area contributed by atoms with Gasteiger partial charge in [-0.2, -0.15) is 0 Å². The van der Waals surface area contributed by atoms with Crippen LogP contribution in [0.2, 0.25) is 0 Å². The van der Waals surface area contributed by atoms with Crippen molar-refractivity contribution >= 4 is 0 Å². The number of hydrogen-bond donors (Lipinski definition) is 0. The Balaban J connectivity index is 0.000000490. The smallest absolute Gasteiger partial charge is 0.514 e. The summed E-state index contributed by atoms with van der Waals surface area (Å²) in [6.07, 6.45) is 6.40. The van der Waals surface area contributed by atoms with Crippen LogP contribution >= 0.6 is 0 Å².